The van der Waals surface area contributed by atoms with E-state index in [-0.39, 0.29) is 23.4 Å². The largest absolute Gasteiger partial charge is 0.497 e. The minimum absolute atomic E-state index is 0.0425. The Labute approximate surface area is 192 Å². The SMILES string of the molecule is COc1cccc([C@H](C(=O)NC2CCCC2)N(C(=O)c2ccco2)c2ccc(C)c(F)c2)c1. The van der Waals surface area contributed by atoms with Crippen LogP contribution in [0.25, 0.3) is 0 Å². The molecular weight excluding hydrogens is 423 g/mol. The summed E-state index contributed by atoms with van der Waals surface area (Å²) in [6, 6.07) is 13.6. The number of ether oxygens (including phenoxy) is 1. The van der Waals surface area contributed by atoms with Gasteiger partial charge in [-0.15, -0.1) is 0 Å². The van der Waals surface area contributed by atoms with Crippen molar-refractivity contribution in [2.24, 2.45) is 0 Å². The van der Waals surface area contributed by atoms with E-state index in [9.17, 15) is 14.0 Å². The first-order valence-corrected chi connectivity index (χ1v) is 11.1. The predicted octanol–water partition coefficient (Wildman–Crippen LogP) is 5.18. The Morgan fingerprint density at radius 1 is 1.12 bits per heavy atom. The number of methoxy groups -OCH3 is 1. The standard InChI is InChI=1S/C26H27FN2O4/c1-17-12-13-20(16-22(17)27)29(26(31)23-11-6-14-33-23)24(18-7-5-10-21(15-18)32-2)25(30)28-19-8-3-4-9-19/h5-7,10-16,19,24H,3-4,8-9H2,1-2H3,(H,28,30)/t24-/m1/s1. The molecule has 2 aromatic carbocycles. The number of nitrogens with one attached hydrogen (secondary N) is 1. The van der Waals surface area contributed by atoms with Crippen molar-refractivity contribution < 1.29 is 23.1 Å². The van der Waals surface area contributed by atoms with E-state index in [0.717, 1.165) is 25.7 Å². The lowest BCUT2D eigenvalue weighted by molar-refractivity contribution is -0.123. The average molecular weight is 451 g/mol. The lowest BCUT2D eigenvalue weighted by atomic mass is 10.0. The lowest BCUT2D eigenvalue weighted by Crippen LogP contribution is -2.46. The van der Waals surface area contributed by atoms with Gasteiger partial charge in [0.1, 0.15) is 17.6 Å². The zero-order valence-corrected chi connectivity index (χ0v) is 18.7. The number of aryl methyl sites for hydroxylation is 1. The topological polar surface area (TPSA) is 71.8 Å². The molecule has 0 aliphatic heterocycles. The first-order valence-electron chi connectivity index (χ1n) is 11.1. The number of halogens is 1. The Balaban J connectivity index is 1.84. The molecule has 1 aromatic heterocycles. The highest BCUT2D eigenvalue weighted by Crippen LogP contribution is 2.33. The van der Waals surface area contributed by atoms with Crippen molar-refractivity contribution in [3.63, 3.8) is 0 Å². The molecule has 0 unspecified atom stereocenters. The van der Waals surface area contributed by atoms with Gasteiger partial charge in [0.25, 0.3) is 5.91 Å². The van der Waals surface area contributed by atoms with Gasteiger partial charge in [0.15, 0.2) is 5.76 Å². The highest BCUT2D eigenvalue weighted by molar-refractivity contribution is 6.08. The Bertz CT molecular complexity index is 1120. The minimum atomic E-state index is -1.06. The molecule has 1 saturated carbocycles. The van der Waals surface area contributed by atoms with E-state index in [1.165, 1.54) is 30.4 Å². The van der Waals surface area contributed by atoms with Crippen LogP contribution in [0.3, 0.4) is 0 Å². The number of nitrogens with zero attached hydrogens (tertiary/aromatic N) is 1. The smallest absolute Gasteiger partial charge is 0.294 e. The van der Waals surface area contributed by atoms with Gasteiger partial charge < -0.3 is 14.5 Å². The van der Waals surface area contributed by atoms with E-state index < -0.39 is 17.8 Å². The molecule has 33 heavy (non-hydrogen) atoms. The quantitative estimate of drug-likeness (QED) is 0.538. The summed E-state index contributed by atoms with van der Waals surface area (Å²) in [4.78, 5) is 28.6. The van der Waals surface area contributed by atoms with Crippen molar-refractivity contribution in [3.8, 4) is 5.75 Å². The van der Waals surface area contributed by atoms with Crippen LogP contribution in [-0.2, 0) is 4.79 Å². The van der Waals surface area contributed by atoms with Crippen molar-refractivity contribution in [1.82, 2.24) is 5.32 Å². The van der Waals surface area contributed by atoms with Gasteiger partial charge in [0.05, 0.1) is 13.4 Å². The summed E-state index contributed by atoms with van der Waals surface area (Å²) < 4.78 is 25.3. The van der Waals surface area contributed by atoms with Crippen LogP contribution in [0.5, 0.6) is 5.75 Å². The van der Waals surface area contributed by atoms with Crippen molar-refractivity contribution in [2.75, 3.05) is 12.0 Å². The van der Waals surface area contributed by atoms with Gasteiger partial charge in [-0.3, -0.25) is 14.5 Å². The molecule has 3 aromatic rings. The Hall–Kier alpha value is -3.61. The monoisotopic (exact) mass is 450 g/mol. The molecule has 1 N–H and O–H groups in total. The molecular formula is C26H27FN2O4. The minimum Gasteiger partial charge on any atom is -0.497 e. The van der Waals surface area contributed by atoms with Gasteiger partial charge in [0.2, 0.25) is 5.91 Å². The molecule has 1 atom stereocenters. The summed E-state index contributed by atoms with van der Waals surface area (Å²) in [6.45, 7) is 1.64. The number of hydrogen-bond donors (Lipinski definition) is 1. The molecule has 1 heterocycles. The Kier molecular flexibility index (Phi) is 6.77. The fourth-order valence-electron chi connectivity index (χ4n) is 4.21. The third kappa shape index (κ3) is 4.92. The summed E-state index contributed by atoms with van der Waals surface area (Å²) >= 11 is 0. The third-order valence-electron chi connectivity index (χ3n) is 6.00. The molecule has 6 nitrogen and oxygen atoms in total. The maximum atomic E-state index is 14.6. The van der Waals surface area contributed by atoms with Crippen molar-refractivity contribution in [3.05, 3.63) is 83.6 Å². The Morgan fingerprint density at radius 3 is 2.58 bits per heavy atom. The Morgan fingerprint density at radius 2 is 1.91 bits per heavy atom. The van der Waals surface area contributed by atoms with E-state index in [1.807, 2.05) is 0 Å². The van der Waals surface area contributed by atoms with Crippen LogP contribution in [0, 0.1) is 12.7 Å². The molecule has 0 radical (unpaired) electrons. The van der Waals surface area contributed by atoms with Crippen LogP contribution in [0.2, 0.25) is 0 Å². The second kappa shape index (κ2) is 9.90. The number of hydrogen-bond acceptors (Lipinski definition) is 4. The number of furan rings is 1. The maximum absolute atomic E-state index is 14.6. The van der Waals surface area contributed by atoms with E-state index in [1.54, 1.807) is 49.4 Å². The highest BCUT2D eigenvalue weighted by Gasteiger charge is 2.36. The number of carbonyl (C=O) groups is 2. The average Bonchev–Trinajstić information content (AvgIpc) is 3.53. The maximum Gasteiger partial charge on any atom is 0.294 e. The predicted molar refractivity (Wildman–Crippen MR) is 123 cm³/mol. The van der Waals surface area contributed by atoms with Crippen LogP contribution in [0.15, 0.2) is 65.3 Å². The summed E-state index contributed by atoms with van der Waals surface area (Å²) in [5.41, 5.74) is 1.25. The van der Waals surface area contributed by atoms with Gasteiger partial charge in [-0.05, 0) is 67.3 Å². The number of amides is 2. The molecule has 1 aliphatic rings. The molecule has 0 spiro atoms. The molecule has 0 saturated heterocycles. The van der Waals surface area contributed by atoms with Gasteiger partial charge in [-0.2, -0.15) is 0 Å². The van der Waals surface area contributed by atoms with Crippen LogP contribution in [-0.4, -0.2) is 25.0 Å². The summed E-state index contributed by atoms with van der Waals surface area (Å²) in [6.07, 6.45) is 5.27. The van der Waals surface area contributed by atoms with E-state index in [0.29, 0.717) is 16.9 Å². The highest BCUT2D eigenvalue weighted by atomic mass is 19.1. The second-order valence-corrected chi connectivity index (χ2v) is 8.26. The van der Waals surface area contributed by atoms with Gasteiger partial charge in [-0.1, -0.05) is 31.0 Å². The number of carbonyl (C=O) groups excluding carboxylic acids is 2. The van der Waals surface area contributed by atoms with Crippen LogP contribution < -0.4 is 15.0 Å². The van der Waals surface area contributed by atoms with E-state index in [2.05, 4.69) is 5.32 Å². The van der Waals surface area contributed by atoms with Crippen LogP contribution in [0.1, 0.15) is 53.4 Å². The summed E-state index contributed by atoms with van der Waals surface area (Å²) in [7, 11) is 1.54. The van der Waals surface area contributed by atoms with E-state index in [4.69, 9.17) is 9.15 Å². The van der Waals surface area contributed by atoms with Crippen LogP contribution >= 0.6 is 0 Å². The molecule has 0 bridgehead atoms. The second-order valence-electron chi connectivity index (χ2n) is 8.26. The fourth-order valence-corrected chi connectivity index (χ4v) is 4.21. The molecule has 172 valence electrons. The summed E-state index contributed by atoms with van der Waals surface area (Å²) in [5.74, 6) is -0.747. The number of benzene rings is 2. The van der Waals surface area contributed by atoms with Crippen molar-refractivity contribution in [2.45, 2.75) is 44.7 Å². The molecule has 1 aliphatic carbocycles. The van der Waals surface area contributed by atoms with Crippen molar-refractivity contribution >= 4 is 17.5 Å². The zero-order valence-electron chi connectivity index (χ0n) is 18.7. The van der Waals surface area contributed by atoms with Crippen LogP contribution in [0.4, 0.5) is 10.1 Å². The van der Waals surface area contributed by atoms with Gasteiger partial charge >= 0.3 is 0 Å². The normalized spacial score (nSPS) is 14.6. The van der Waals surface area contributed by atoms with E-state index >= 15 is 0 Å². The number of anilines is 1. The lowest BCUT2D eigenvalue weighted by Gasteiger charge is -2.32. The molecule has 1 fully saturated rings. The summed E-state index contributed by atoms with van der Waals surface area (Å²) in [5, 5.41) is 3.09. The van der Waals surface area contributed by atoms with Crippen molar-refractivity contribution in [1.29, 1.82) is 0 Å². The fraction of sp³-hybridized carbons (Fsp3) is 0.308. The van der Waals surface area contributed by atoms with Gasteiger partial charge in [-0.25, -0.2) is 4.39 Å². The molecule has 7 heteroatoms. The first kappa shape index (κ1) is 22.6. The number of rotatable bonds is 7. The van der Waals surface area contributed by atoms with Gasteiger partial charge in [0, 0.05) is 11.7 Å². The molecule has 2 amide bonds. The third-order valence-corrected chi connectivity index (χ3v) is 6.00. The first-order chi connectivity index (χ1) is 16.0. The zero-order chi connectivity index (χ0) is 23.4. The molecule has 4 rings (SSSR count).